The van der Waals surface area contributed by atoms with E-state index in [0.29, 0.717) is 25.4 Å². The minimum atomic E-state index is -0.948. The van der Waals surface area contributed by atoms with E-state index in [1.54, 1.807) is 11.9 Å². The van der Waals surface area contributed by atoms with Gasteiger partial charge in [-0.05, 0) is 17.0 Å². The Balaban J connectivity index is 2.24. The summed E-state index contributed by atoms with van der Waals surface area (Å²) in [7, 11) is 1.72. The molecule has 0 bridgehead atoms. The van der Waals surface area contributed by atoms with Crippen LogP contribution in [0.5, 0.6) is 0 Å². The summed E-state index contributed by atoms with van der Waals surface area (Å²) in [6, 6.07) is 6.70. The van der Waals surface area contributed by atoms with Crippen molar-refractivity contribution in [3.8, 4) is 0 Å². The molecule has 1 aromatic carbocycles. The molecule has 5 nitrogen and oxygen atoms in total. The molecule has 1 aromatic rings. The molecule has 2 amide bonds. The van der Waals surface area contributed by atoms with Crippen molar-refractivity contribution >= 4 is 12.0 Å². The molecule has 1 N–H and O–H groups in total. The molecule has 0 saturated heterocycles. The summed E-state index contributed by atoms with van der Waals surface area (Å²) in [5.41, 5.74) is 2.04. The van der Waals surface area contributed by atoms with Gasteiger partial charge in [-0.15, -0.1) is 0 Å². The number of nitrogens with zero attached hydrogens (tertiary/aromatic N) is 2. The molecule has 1 aliphatic rings. The summed E-state index contributed by atoms with van der Waals surface area (Å²) in [6.07, 6.45) is 0.368. The van der Waals surface area contributed by atoms with E-state index in [2.05, 4.69) is 0 Å². The minimum absolute atomic E-state index is 0.217. The Morgan fingerprint density at radius 1 is 1.33 bits per heavy atom. The number of amides is 2. The van der Waals surface area contributed by atoms with Crippen LogP contribution in [-0.2, 0) is 17.8 Å². The lowest BCUT2D eigenvalue weighted by Gasteiger charge is -2.37. The lowest BCUT2D eigenvalue weighted by atomic mass is 9.94. The van der Waals surface area contributed by atoms with Crippen molar-refractivity contribution in [2.45, 2.75) is 32.9 Å². The molecular weight excluding hydrogens is 268 g/mol. The number of aliphatic carboxylic acids is 1. The van der Waals surface area contributed by atoms with Crippen molar-refractivity contribution in [2.24, 2.45) is 5.92 Å². The summed E-state index contributed by atoms with van der Waals surface area (Å²) in [5.74, 6) is -0.602. The second-order valence-corrected chi connectivity index (χ2v) is 6.01. The molecule has 0 aromatic heterocycles. The van der Waals surface area contributed by atoms with Gasteiger partial charge < -0.3 is 14.9 Å². The molecule has 0 aliphatic carbocycles. The van der Waals surface area contributed by atoms with Crippen molar-refractivity contribution in [1.29, 1.82) is 0 Å². The van der Waals surface area contributed by atoms with Gasteiger partial charge in [0, 0.05) is 26.6 Å². The van der Waals surface area contributed by atoms with Gasteiger partial charge in [-0.3, -0.25) is 0 Å². The fraction of sp³-hybridized carbons (Fsp3) is 0.500. The Hall–Kier alpha value is -2.04. The highest BCUT2D eigenvalue weighted by molar-refractivity contribution is 5.83. The molecule has 1 aliphatic heterocycles. The summed E-state index contributed by atoms with van der Waals surface area (Å²) < 4.78 is 0. The van der Waals surface area contributed by atoms with Crippen molar-refractivity contribution in [3.05, 3.63) is 35.4 Å². The fourth-order valence-corrected chi connectivity index (χ4v) is 2.79. The first-order valence-electron chi connectivity index (χ1n) is 7.21. The number of fused-ring (bicyclic) bond motifs is 1. The van der Waals surface area contributed by atoms with Crippen LogP contribution in [0.15, 0.2) is 24.3 Å². The molecule has 0 saturated carbocycles. The zero-order valence-electron chi connectivity index (χ0n) is 12.7. The van der Waals surface area contributed by atoms with Crippen molar-refractivity contribution in [1.82, 2.24) is 9.80 Å². The molecule has 5 heteroatoms. The van der Waals surface area contributed by atoms with E-state index in [1.165, 1.54) is 4.90 Å². The van der Waals surface area contributed by atoms with Crippen molar-refractivity contribution < 1.29 is 14.7 Å². The summed E-state index contributed by atoms with van der Waals surface area (Å²) in [5, 5.41) is 9.43. The van der Waals surface area contributed by atoms with Gasteiger partial charge in [-0.2, -0.15) is 0 Å². The topological polar surface area (TPSA) is 60.9 Å². The number of hydrogen-bond donors (Lipinski definition) is 1. The van der Waals surface area contributed by atoms with E-state index >= 15 is 0 Å². The monoisotopic (exact) mass is 290 g/mol. The van der Waals surface area contributed by atoms with Gasteiger partial charge in [0.2, 0.25) is 0 Å². The van der Waals surface area contributed by atoms with Crippen LogP contribution in [0.2, 0.25) is 0 Å². The fourth-order valence-electron chi connectivity index (χ4n) is 2.79. The molecule has 21 heavy (non-hydrogen) atoms. The van der Waals surface area contributed by atoms with Crippen molar-refractivity contribution in [2.75, 3.05) is 13.6 Å². The summed E-state index contributed by atoms with van der Waals surface area (Å²) in [4.78, 5) is 27.1. The normalized spacial score (nSPS) is 17.5. The molecular formula is C16H22N2O3. The van der Waals surface area contributed by atoms with Crippen LogP contribution in [0.25, 0.3) is 0 Å². The van der Waals surface area contributed by atoms with Gasteiger partial charge in [0.1, 0.15) is 6.04 Å². The van der Waals surface area contributed by atoms with E-state index in [1.807, 2.05) is 38.1 Å². The number of rotatable bonds is 3. The van der Waals surface area contributed by atoms with Crippen LogP contribution in [0, 0.1) is 5.92 Å². The third kappa shape index (κ3) is 3.35. The Morgan fingerprint density at radius 3 is 2.52 bits per heavy atom. The number of carbonyl (C=O) groups is 2. The van der Waals surface area contributed by atoms with Crippen LogP contribution < -0.4 is 0 Å². The standard InChI is InChI=1S/C16H22N2O3/c1-11(2)9-17(3)16(21)18-10-13-7-5-4-6-12(13)8-14(18)15(19)20/h4-7,11,14H,8-10H2,1-3H3,(H,19,20)/t14-/m1/s1. The van der Waals surface area contributed by atoms with Crippen molar-refractivity contribution in [3.63, 3.8) is 0 Å². The van der Waals surface area contributed by atoms with Crippen LogP contribution in [0.1, 0.15) is 25.0 Å². The first kappa shape index (κ1) is 15.4. The Labute approximate surface area is 125 Å². The lowest BCUT2D eigenvalue weighted by Crippen LogP contribution is -2.53. The average molecular weight is 290 g/mol. The van der Waals surface area contributed by atoms with Gasteiger partial charge in [0.15, 0.2) is 0 Å². The average Bonchev–Trinajstić information content (AvgIpc) is 2.44. The van der Waals surface area contributed by atoms with Gasteiger partial charge in [0.05, 0.1) is 0 Å². The first-order chi connectivity index (χ1) is 9.90. The van der Waals surface area contributed by atoms with E-state index in [0.717, 1.165) is 11.1 Å². The summed E-state index contributed by atoms with van der Waals surface area (Å²) in [6.45, 7) is 5.03. The number of carboxylic acids is 1. The molecule has 0 unspecified atom stereocenters. The molecule has 0 spiro atoms. The zero-order chi connectivity index (χ0) is 15.6. The predicted molar refractivity (Wildman–Crippen MR) is 80.0 cm³/mol. The Bertz CT molecular complexity index is 542. The predicted octanol–water partition coefficient (Wildman–Crippen LogP) is 2.21. The number of hydrogen-bond acceptors (Lipinski definition) is 2. The van der Waals surface area contributed by atoms with Crippen LogP contribution in [-0.4, -0.2) is 46.5 Å². The first-order valence-corrected chi connectivity index (χ1v) is 7.21. The molecule has 0 fully saturated rings. The summed E-state index contributed by atoms with van der Waals surface area (Å²) >= 11 is 0. The van der Waals surface area contributed by atoms with Crippen LogP contribution >= 0.6 is 0 Å². The highest BCUT2D eigenvalue weighted by atomic mass is 16.4. The maximum atomic E-state index is 12.5. The maximum absolute atomic E-state index is 12.5. The Kier molecular flexibility index (Phi) is 4.50. The van der Waals surface area contributed by atoms with Gasteiger partial charge in [-0.25, -0.2) is 9.59 Å². The van der Waals surface area contributed by atoms with E-state index in [4.69, 9.17) is 0 Å². The highest BCUT2D eigenvalue weighted by Gasteiger charge is 2.35. The number of urea groups is 1. The van der Waals surface area contributed by atoms with E-state index in [9.17, 15) is 14.7 Å². The van der Waals surface area contributed by atoms with E-state index < -0.39 is 12.0 Å². The van der Waals surface area contributed by atoms with Gasteiger partial charge in [-0.1, -0.05) is 38.1 Å². The second kappa shape index (κ2) is 6.16. The SMILES string of the molecule is CC(C)CN(C)C(=O)N1Cc2ccccc2C[C@@H]1C(=O)O. The third-order valence-corrected chi connectivity index (χ3v) is 3.74. The molecule has 2 rings (SSSR count). The minimum Gasteiger partial charge on any atom is -0.480 e. The zero-order valence-corrected chi connectivity index (χ0v) is 12.7. The smallest absolute Gasteiger partial charge is 0.326 e. The number of carbonyl (C=O) groups excluding carboxylic acids is 1. The molecule has 1 atom stereocenters. The second-order valence-electron chi connectivity index (χ2n) is 6.01. The maximum Gasteiger partial charge on any atom is 0.326 e. The quantitative estimate of drug-likeness (QED) is 0.928. The van der Waals surface area contributed by atoms with Crippen LogP contribution in [0.3, 0.4) is 0 Å². The number of benzene rings is 1. The van der Waals surface area contributed by atoms with Gasteiger partial charge in [0.25, 0.3) is 0 Å². The Morgan fingerprint density at radius 2 is 1.95 bits per heavy atom. The lowest BCUT2D eigenvalue weighted by molar-refractivity contribution is -0.142. The molecule has 114 valence electrons. The van der Waals surface area contributed by atoms with Crippen LogP contribution in [0.4, 0.5) is 4.79 Å². The largest absolute Gasteiger partial charge is 0.480 e. The van der Waals surface area contributed by atoms with E-state index in [-0.39, 0.29) is 6.03 Å². The highest BCUT2D eigenvalue weighted by Crippen LogP contribution is 2.24. The number of carboxylic acid groups (broad SMARTS) is 1. The third-order valence-electron chi connectivity index (χ3n) is 3.74. The molecule has 1 heterocycles. The van der Waals surface area contributed by atoms with Gasteiger partial charge >= 0.3 is 12.0 Å². The molecule has 0 radical (unpaired) electrons.